The van der Waals surface area contributed by atoms with Gasteiger partial charge < -0.3 is 10.1 Å². The van der Waals surface area contributed by atoms with Crippen LogP contribution < -0.4 is 10.1 Å². The van der Waals surface area contributed by atoms with E-state index in [0.29, 0.717) is 48.1 Å². The maximum Gasteiger partial charge on any atom is 0.223 e. The molecular weight excluding hydrogens is 471 g/mol. The van der Waals surface area contributed by atoms with Crippen LogP contribution in [0, 0.1) is 5.92 Å². The molecule has 1 amide bonds. The second kappa shape index (κ2) is 10.9. The molecule has 0 bridgehead atoms. The zero-order chi connectivity index (χ0) is 23.3. The summed E-state index contributed by atoms with van der Waals surface area (Å²) in [6.45, 7) is 4.95. The average molecular weight is 499 g/mol. The Bertz CT molecular complexity index is 1050. The predicted molar refractivity (Wildman–Crippen MR) is 127 cm³/mol. The number of carbonyl (C=O) groups excluding carboxylic acids is 1. The van der Waals surface area contributed by atoms with Crippen LogP contribution in [0.25, 0.3) is 0 Å². The van der Waals surface area contributed by atoms with Gasteiger partial charge in [-0.1, -0.05) is 41.4 Å². The number of benzene rings is 2. The minimum Gasteiger partial charge on any atom is -0.491 e. The van der Waals surface area contributed by atoms with Crippen LogP contribution in [-0.2, 0) is 27.1 Å². The lowest BCUT2D eigenvalue weighted by atomic mass is 9.97. The molecule has 0 spiro atoms. The van der Waals surface area contributed by atoms with Gasteiger partial charge in [0, 0.05) is 35.6 Å². The molecule has 0 aliphatic carbocycles. The van der Waals surface area contributed by atoms with Crippen molar-refractivity contribution in [3.05, 3.63) is 63.6 Å². The Labute approximate surface area is 199 Å². The summed E-state index contributed by atoms with van der Waals surface area (Å²) in [4.78, 5) is 12.6. The van der Waals surface area contributed by atoms with Crippen LogP contribution in [0.1, 0.15) is 37.8 Å². The van der Waals surface area contributed by atoms with E-state index in [-0.39, 0.29) is 23.7 Å². The molecule has 1 aliphatic heterocycles. The van der Waals surface area contributed by atoms with Crippen molar-refractivity contribution in [1.82, 2.24) is 9.62 Å². The number of ether oxygens (including phenoxy) is 1. The molecule has 174 valence electrons. The number of piperidine rings is 1. The number of amides is 1. The summed E-state index contributed by atoms with van der Waals surface area (Å²) in [6, 6.07) is 12.4. The number of hydrogen-bond donors (Lipinski definition) is 1. The third kappa shape index (κ3) is 6.85. The maximum atomic E-state index is 12.8. The summed E-state index contributed by atoms with van der Waals surface area (Å²) < 4.78 is 32.7. The van der Waals surface area contributed by atoms with Crippen molar-refractivity contribution in [3.63, 3.8) is 0 Å². The lowest BCUT2D eigenvalue weighted by Crippen LogP contribution is -2.43. The van der Waals surface area contributed by atoms with Gasteiger partial charge in [0.15, 0.2) is 0 Å². The molecule has 6 nitrogen and oxygen atoms in total. The molecule has 2 aromatic rings. The van der Waals surface area contributed by atoms with Gasteiger partial charge in [-0.05, 0) is 62.1 Å². The fraction of sp³-hybridized carbons (Fsp3) is 0.435. The summed E-state index contributed by atoms with van der Waals surface area (Å²) in [5.74, 6) is 0.314. The highest BCUT2D eigenvalue weighted by Crippen LogP contribution is 2.26. The van der Waals surface area contributed by atoms with Gasteiger partial charge >= 0.3 is 0 Å². The fourth-order valence-electron chi connectivity index (χ4n) is 3.66. The van der Waals surface area contributed by atoms with Crippen molar-refractivity contribution in [2.45, 2.75) is 45.1 Å². The van der Waals surface area contributed by atoms with Gasteiger partial charge in [0.25, 0.3) is 0 Å². The molecule has 9 heteroatoms. The van der Waals surface area contributed by atoms with Gasteiger partial charge in [-0.3, -0.25) is 4.79 Å². The van der Waals surface area contributed by atoms with E-state index in [1.807, 2.05) is 38.1 Å². The maximum absolute atomic E-state index is 12.8. The van der Waals surface area contributed by atoms with Crippen molar-refractivity contribution in [3.8, 4) is 5.75 Å². The zero-order valence-corrected chi connectivity index (χ0v) is 20.5. The van der Waals surface area contributed by atoms with E-state index in [2.05, 4.69) is 5.32 Å². The van der Waals surface area contributed by atoms with E-state index in [1.54, 1.807) is 12.1 Å². The minimum atomic E-state index is -3.53. The summed E-state index contributed by atoms with van der Waals surface area (Å²) in [6.07, 6.45) is 1.04. The van der Waals surface area contributed by atoms with Crippen LogP contribution in [0.5, 0.6) is 5.75 Å². The number of rotatable bonds is 8. The molecule has 0 aromatic heterocycles. The molecule has 3 rings (SSSR count). The monoisotopic (exact) mass is 498 g/mol. The minimum absolute atomic E-state index is 0.0574. The molecule has 0 unspecified atom stereocenters. The van der Waals surface area contributed by atoms with Gasteiger partial charge in [-0.2, -0.15) is 0 Å². The number of hydrogen-bond acceptors (Lipinski definition) is 4. The summed E-state index contributed by atoms with van der Waals surface area (Å²) in [5, 5.41) is 3.75. The summed E-state index contributed by atoms with van der Waals surface area (Å²) >= 11 is 12.0. The van der Waals surface area contributed by atoms with E-state index in [9.17, 15) is 13.2 Å². The Morgan fingerprint density at radius 1 is 1.16 bits per heavy atom. The number of nitrogens with zero attached hydrogens (tertiary/aromatic N) is 1. The Kier molecular flexibility index (Phi) is 8.44. The SMILES string of the molecule is CC(C)Oc1cccc(CNC(=O)C2CCN(S(=O)(=O)Cc3ccc(Cl)cc3Cl)CC2)c1. The summed E-state index contributed by atoms with van der Waals surface area (Å²) in [7, 11) is -3.53. The Balaban J connectivity index is 1.51. The first kappa shape index (κ1) is 24.8. The van der Waals surface area contributed by atoms with Gasteiger partial charge in [0.2, 0.25) is 15.9 Å². The van der Waals surface area contributed by atoms with Crippen LogP contribution in [0.2, 0.25) is 10.0 Å². The molecule has 32 heavy (non-hydrogen) atoms. The molecule has 1 saturated heterocycles. The molecule has 0 radical (unpaired) electrons. The third-order valence-electron chi connectivity index (χ3n) is 5.31. The zero-order valence-electron chi connectivity index (χ0n) is 18.2. The highest BCUT2D eigenvalue weighted by molar-refractivity contribution is 7.88. The van der Waals surface area contributed by atoms with E-state index in [1.165, 1.54) is 10.4 Å². The van der Waals surface area contributed by atoms with Gasteiger partial charge in [0.1, 0.15) is 5.75 Å². The van der Waals surface area contributed by atoms with Gasteiger partial charge in [-0.15, -0.1) is 0 Å². The second-order valence-electron chi connectivity index (χ2n) is 8.20. The first-order valence-corrected chi connectivity index (χ1v) is 13.0. The van der Waals surface area contributed by atoms with E-state index >= 15 is 0 Å². The van der Waals surface area contributed by atoms with E-state index in [0.717, 1.165) is 11.3 Å². The van der Waals surface area contributed by atoms with Crippen LogP contribution in [0.15, 0.2) is 42.5 Å². The fourth-order valence-corrected chi connectivity index (χ4v) is 5.81. The highest BCUT2D eigenvalue weighted by atomic mass is 35.5. The van der Waals surface area contributed by atoms with Crippen molar-refractivity contribution in [2.24, 2.45) is 5.92 Å². The highest BCUT2D eigenvalue weighted by Gasteiger charge is 2.31. The molecule has 1 aliphatic rings. The van der Waals surface area contributed by atoms with Crippen LogP contribution >= 0.6 is 23.2 Å². The van der Waals surface area contributed by atoms with Crippen molar-refractivity contribution in [2.75, 3.05) is 13.1 Å². The number of halogens is 2. The first-order chi connectivity index (χ1) is 15.1. The molecule has 1 fully saturated rings. The molecule has 0 atom stereocenters. The molecule has 1 N–H and O–H groups in total. The first-order valence-electron chi connectivity index (χ1n) is 10.6. The number of carbonyl (C=O) groups is 1. The topological polar surface area (TPSA) is 75.7 Å². The average Bonchev–Trinajstić information content (AvgIpc) is 2.74. The lowest BCUT2D eigenvalue weighted by molar-refractivity contribution is -0.126. The summed E-state index contributed by atoms with van der Waals surface area (Å²) in [5.41, 5.74) is 1.47. The molecule has 0 saturated carbocycles. The van der Waals surface area contributed by atoms with Gasteiger partial charge in [0.05, 0.1) is 11.9 Å². The lowest BCUT2D eigenvalue weighted by Gasteiger charge is -2.30. The second-order valence-corrected chi connectivity index (χ2v) is 11.0. The predicted octanol–water partition coefficient (Wildman–Crippen LogP) is 4.64. The Morgan fingerprint density at radius 3 is 2.53 bits per heavy atom. The van der Waals surface area contributed by atoms with Crippen LogP contribution in [-0.4, -0.2) is 37.8 Å². The standard InChI is InChI=1S/C23H28Cl2N2O4S/c1-16(2)31-21-5-3-4-17(12-21)14-26-23(28)18-8-10-27(11-9-18)32(29,30)15-19-6-7-20(24)13-22(19)25/h3-7,12-13,16,18H,8-11,14-15H2,1-2H3,(H,26,28). The van der Waals surface area contributed by atoms with E-state index < -0.39 is 10.0 Å². The quantitative estimate of drug-likeness (QED) is 0.575. The molecule has 1 heterocycles. The van der Waals surface area contributed by atoms with Crippen LogP contribution in [0.4, 0.5) is 0 Å². The molecular formula is C23H28Cl2N2O4S. The Hall–Kier alpha value is -1.80. The Morgan fingerprint density at radius 2 is 1.88 bits per heavy atom. The van der Waals surface area contributed by atoms with Crippen LogP contribution in [0.3, 0.4) is 0 Å². The normalized spacial score (nSPS) is 15.7. The van der Waals surface area contributed by atoms with Crippen molar-refractivity contribution >= 4 is 39.1 Å². The third-order valence-corrected chi connectivity index (χ3v) is 7.72. The van der Waals surface area contributed by atoms with Gasteiger partial charge in [-0.25, -0.2) is 12.7 Å². The van der Waals surface area contributed by atoms with E-state index in [4.69, 9.17) is 27.9 Å². The van der Waals surface area contributed by atoms with Crippen molar-refractivity contribution in [1.29, 1.82) is 0 Å². The molecule has 2 aromatic carbocycles. The smallest absolute Gasteiger partial charge is 0.223 e. The largest absolute Gasteiger partial charge is 0.491 e. The van der Waals surface area contributed by atoms with Crippen molar-refractivity contribution < 1.29 is 17.9 Å². The number of nitrogens with one attached hydrogen (secondary N) is 1. The number of sulfonamides is 1.